The molecule has 24 heavy (non-hydrogen) atoms. The van der Waals surface area contributed by atoms with Crippen LogP contribution in [-0.4, -0.2) is 40.2 Å². The third kappa shape index (κ3) is 3.40. The number of aromatic nitrogens is 2. The molecule has 2 heterocycles. The highest BCUT2D eigenvalue weighted by atomic mass is 16.4. The summed E-state index contributed by atoms with van der Waals surface area (Å²) in [5.41, 5.74) is 6.70. The van der Waals surface area contributed by atoms with Crippen molar-refractivity contribution in [2.24, 2.45) is 0 Å². The zero-order valence-electron chi connectivity index (χ0n) is 12.8. The second kappa shape index (κ2) is 6.49. The molecule has 0 saturated carbocycles. The fraction of sp³-hybridized carbons (Fsp3) is 0.267. The molecule has 0 spiro atoms. The van der Waals surface area contributed by atoms with Crippen LogP contribution in [0.2, 0.25) is 0 Å². The maximum atomic E-state index is 11.9. The molecule has 1 aromatic carbocycles. The van der Waals surface area contributed by atoms with Gasteiger partial charge in [-0.15, -0.1) is 0 Å². The lowest BCUT2D eigenvalue weighted by atomic mass is 10.1. The number of carboxylic acid groups (broad SMARTS) is 1. The number of rotatable bonds is 5. The minimum absolute atomic E-state index is 0.0646. The Morgan fingerprint density at radius 1 is 1.38 bits per heavy atom. The molecule has 2 aromatic rings. The Morgan fingerprint density at radius 3 is 2.83 bits per heavy atom. The number of aromatic amines is 1. The van der Waals surface area contributed by atoms with E-state index in [1.807, 2.05) is 0 Å². The zero-order chi connectivity index (χ0) is 17.1. The van der Waals surface area contributed by atoms with Gasteiger partial charge in [0.25, 0.3) is 5.56 Å². The number of H-pyrrole nitrogens is 1. The highest BCUT2D eigenvalue weighted by molar-refractivity contribution is 5.88. The summed E-state index contributed by atoms with van der Waals surface area (Å²) in [6.45, 7) is 1.30. The minimum Gasteiger partial charge on any atom is -0.478 e. The van der Waals surface area contributed by atoms with Gasteiger partial charge in [0.15, 0.2) is 5.82 Å². The highest BCUT2D eigenvalue weighted by Gasteiger charge is 2.21. The number of carbonyl (C=O) groups is 1. The van der Waals surface area contributed by atoms with E-state index in [0.29, 0.717) is 24.6 Å². The van der Waals surface area contributed by atoms with E-state index >= 15 is 0 Å². The summed E-state index contributed by atoms with van der Waals surface area (Å²) >= 11 is 0. The van der Waals surface area contributed by atoms with Crippen molar-refractivity contribution >= 4 is 29.1 Å². The summed E-state index contributed by atoms with van der Waals surface area (Å²) in [4.78, 5) is 29.2. The summed E-state index contributed by atoms with van der Waals surface area (Å²) in [7, 11) is 0. The summed E-state index contributed by atoms with van der Waals surface area (Å²) in [6.07, 6.45) is 0.761. The molecule has 0 unspecified atom stereocenters. The molecule has 0 saturated heterocycles. The van der Waals surface area contributed by atoms with Crippen LogP contribution in [0.25, 0.3) is 0 Å². The summed E-state index contributed by atoms with van der Waals surface area (Å²) in [6, 6.07) is 6.62. The van der Waals surface area contributed by atoms with Crippen LogP contribution in [0.5, 0.6) is 0 Å². The van der Waals surface area contributed by atoms with Crippen LogP contribution in [0.1, 0.15) is 16.8 Å². The third-order valence-electron chi connectivity index (χ3n) is 3.76. The third-order valence-corrected chi connectivity index (χ3v) is 3.76. The molecule has 0 radical (unpaired) electrons. The number of hydrogen-bond acceptors (Lipinski definition) is 7. The van der Waals surface area contributed by atoms with E-state index in [4.69, 9.17) is 10.8 Å². The van der Waals surface area contributed by atoms with Gasteiger partial charge < -0.3 is 26.8 Å². The van der Waals surface area contributed by atoms with E-state index < -0.39 is 5.97 Å². The molecule has 0 bridgehead atoms. The van der Waals surface area contributed by atoms with Gasteiger partial charge in [0.1, 0.15) is 5.69 Å². The standard InChI is InChI=1S/C15H18N6O3/c16-15-20-12-11(13(22)21-15)19-10(7-18-12)5-6-17-9-3-1-8(2-4-9)14(23)24/h1-4,10,17,19H,5-7H2,(H,23,24)(H4,16,18,20,21,22)/t10-/m1/s1. The molecule has 1 atom stereocenters. The first-order valence-corrected chi connectivity index (χ1v) is 7.50. The number of anilines is 4. The van der Waals surface area contributed by atoms with E-state index in [1.54, 1.807) is 24.3 Å². The maximum absolute atomic E-state index is 11.9. The lowest BCUT2D eigenvalue weighted by molar-refractivity contribution is 0.0697. The molecule has 1 aromatic heterocycles. The quantitative estimate of drug-likeness (QED) is 0.471. The van der Waals surface area contributed by atoms with Gasteiger partial charge in [-0.25, -0.2) is 4.79 Å². The van der Waals surface area contributed by atoms with Gasteiger partial charge in [-0.1, -0.05) is 0 Å². The number of carboxylic acids is 1. The molecule has 9 nitrogen and oxygen atoms in total. The van der Waals surface area contributed by atoms with E-state index in [9.17, 15) is 9.59 Å². The molecule has 0 aliphatic carbocycles. The molecular weight excluding hydrogens is 312 g/mol. The number of nitrogens with one attached hydrogen (secondary N) is 4. The lowest BCUT2D eigenvalue weighted by Gasteiger charge is -2.27. The number of nitrogens with two attached hydrogens (primary N) is 1. The number of aromatic carboxylic acids is 1. The molecule has 7 N–H and O–H groups in total. The van der Waals surface area contributed by atoms with Gasteiger partial charge in [0, 0.05) is 24.8 Å². The summed E-state index contributed by atoms with van der Waals surface area (Å²) in [5.74, 6) is -0.403. The van der Waals surface area contributed by atoms with Crippen molar-refractivity contribution in [3.63, 3.8) is 0 Å². The van der Waals surface area contributed by atoms with Crippen molar-refractivity contribution in [2.45, 2.75) is 12.5 Å². The Kier molecular flexibility index (Phi) is 4.23. The SMILES string of the molecule is Nc1nc2c(c(=O)[nH]1)N[C@H](CCNc1ccc(C(=O)O)cc1)CN2. The normalized spacial score (nSPS) is 15.8. The predicted molar refractivity (Wildman–Crippen MR) is 91.7 cm³/mol. The van der Waals surface area contributed by atoms with Crippen LogP contribution >= 0.6 is 0 Å². The molecule has 0 amide bonds. The van der Waals surface area contributed by atoms with Gasteiger partial charge in [0.2, 0.25) is 5.95 Å². The van der Waals surface area contributed by atoms with Gasteiger partial charge in [0.05, 0.1) is 5.56 Å². The van der Waals surface area contributed by atoms with Crippen molar-refractivity contribution in [3.05, 3.63) is 40.2 Å². The number of nitrogen functional groups attached to an aromatic ring is 1. The number of benzene rings is 1. The monoisotopic (exact) mass is 330 g/mol. The average Bonchev–Trinajstić information content (AvgIpc) is 2.55. The first-order valence-electron chi connectivity index (χ1n) is 7.50. The highest BCUT2D eigenvalue weighted by Crippen LogP contribution is 2.21. The largest absolute Gasteiger partial charge is 0.478 e. The smallest absolute Gasteiger partial charge is 0.335 e. The fourth-order valence-electron chi connectivity index (χ4n) is 2.52. The molecule has 1 aliphatic heterocycles. The van der Waals surface area contributed by atoms with Gasteiger partial charge in [-0.2, -0.15) is 4.98 Å². The zero-order valence-corrected chi connectivity index (χ0v) is 12.8. The second-order valence-electron chi connectivity index (χ2n) is 5.49. The van der Waals surface area contributed by atoms with Crippen LogP contribution in [0, 0.1) is 0 Å². The van der Waals surface area contributed by atoms with E-state index in [-0.39, 0.29) is 23.1 Å². The fourth-order valence-corrected chi connectivity index (χ4v) is 2.52. The Balaban J connectivity index is 1.54. The number of nitrogens with zero attached hydrogens (tertiary/aromatic N) is 1. The van der Waals surface area contributed by atoms with E-state index in [0.717, 1.165) is 12.1 Å². The van der Waals surface area contributed by atoms with Crippen molar-refractivity contribution in [1.29, 1.82) is 0 Å². The van der Waals surface area contributed by atoms with E-state index in [2.05, 4.69) is 25.9 Å². The van der Waals surface area contributed by atoms with Crippen LogP contribution in [0.3, 0.4) is 0 Å². The first-order chi connectivity index (χ1) is 11.5. The molecule has 0 fully saturated rings. The van der Waals surface area contributed by atoms with E-state index in [1.165, 1.54) is 0 Å². The van der Waals surface area contributed by atoms with Crippen molar-refractivity contribution in [3.8, 4) is 0 Å². The Hall–Kier alpha value is -3.23. The summed E-state index contributed by atoms with van der Waals surface area (Å²) in [5, 5.41) is 18.3. The first kappa shape index (κ1) is 15.7. The van der Waals surface area contributed by atoms with Gasteiger partial charge >= 0.3 is 5.97 Å². The number of hydrogen-bond donors (Lipinski definition) is 6. The van der Waals surface area contributed by atoms with Crippen molar-refractivity contribution in [1.82, 2.24) is 9.97 Å². The minimum atomic E-state index is -0.947. The molecular formula is C15H18N6O3. The van der Waals surface area contributed by atoms with Gasteiger partial charge in [-0.05, 0) is 30.7 Å². The molecule has 9 heteroatoms. The molecule has 3 rings (SSSR count). The Labute approximate surface area is 137 Å². The summed E-state index contributed by atoms with van der Waals surface area (Å²) < 4.78 is 0. The second-order valence-corrected chi connectivity index (χ2v) is 5.49. The average molecular weight is 330 g/mol. The van der Waals surface area contributed by atoms with Crippen molar-refractivity contribution in [2.75, 3.05) is 34.8 Å². The molecule has 1 aliphatic rings. The van der Waals surface area contributed by atoms with Crippen molar-refractivity contribution < 1.29 is 9.90 Å². The Morgan fingerprint density at radius 2 is 2.12 bits per heavy atom. The predicted octanol–water partition coefficient (Wildman–Crippen LogP) is 0.758. The number of fused-ring (bicyclic) bond motifs is 1. The Bertz CT molecular complexity index is 802. The van der Waals surface area contributed by atoms with Crippen LogP contribution < -0.4 is 27.2 Å². The van der Waals surface area contributed by atoms with Crippen LogP contribution in [0.4, 0.5) is 23.1 Å². The van der Waals surface area contributed by atoms with Crippen LogP contribution in [-0.2, 0) is 0 Å². The maximum Gasteiger partial charge on any atom is 0.335 e. The molecule has 126 valence electrons. The van der Waals surface area contributed by atoms with Gasteiger partial charge in [-0.3, -0.25) is 9.78 Å². The lowest BCUT2D eigenvalue weighted by Crippen LogP contribution is -2.38. The topological polar surface area (TPSA) is 145 Å². The van der Waals surface area contributed by atoms with Crippen LogP contribution in [0.15, 0.2) is 29.1 Å².